The van der Waals surface area contributed by atoms with Crippen LogP contribution in [0.4, 0.5) is 5.69 Å². The summed E-state index contributed by atoms with van der Waals surface area (Å²) >= 11 is 0. The first kappa shape index (κ1) is 18.1. The van der Waals surface area contributed by atoms with E-state index in [1.807, 2.05) is 48.5 Å². The zero-order valence-electron chi connectivity index (χ0n) is 16.4. The first-order chi connectivity index (χ1) is 13.7. The van der Waals surface area contributed by atoms with Gasteiger partial charge in [-0.3, -0.25) is 4.58 Å². The summed E-state index contributed by atoms with van der Waals surface area (Å²) < 4.78 is 13.9. The predicted octanol–water partition coefficient (Wildman–Crippen LogP) is 4.37. The molecule has 1 aliphatic heterocycles. The Labute approximate surface area is 166 Å². The van der Waals surface area contributed by atoms with Crippen LogP contribution in [0.2, 0.25) is 0 Å². The van der Waals surface area contributed by atoms with Gasteiger partial charge in [-0.25, -0.2) is 4.90 Å². The van der Waals surface area contributed by atoms with E-state index in [9.17, 15) is 0 Å². The molecule has 1 heterocycles. The Morgan fingerprint density at radius 2 is 1.36 bits per heavy atom. The third-order valence-corrected chi connectivity index (χ3v) is 5.02. The third-order valence-electron chi connectivity index (χ3n) is 5.02. The normalized spacial score (nSPS) is 18.4. The molecule has 4 nitrogen and oxygen atoms in total. The molecule has 0 N–H and O–H groups in total. The van der Waals surface area contributed by atoms with E-state index in [2.05, 4.69) is 60.0 Å². The molecular weight excluding hydrogens is 348 g/mol. The Bertz CT molecular complexity index is 949. The Balaban J connectivity index is 1.75. The molecule has 1 saturated heterocycles. The number of para-hydroxylation sites is 1. The van der Waals surface area contributed by atoms with Crippen molar-refractivity contribution in [3.63, 3.8) is 0 Å². The maximum Gasteiger partial charge on any atom is 0.298 e. The van der Waals surface area contributed by atoms with Gasteiger partial charge in [-0.1, -0.05) is 48.5 Å². The summed E-state index contributed by atoms with van der Waals surface area (Å²) in [5.41, 5.74) is 2.34. The quantitative estimate of drug-likeness (QED) is 0.621. The van der Waals surface area contributed by atoms with Crippen molar-refractivity contribution in [2.24, 2.45) is 0 Å². The largest absolute Gasteiger partial charge is 0.497 e. The van der Waals surface area contributed by atoms with Gasteiger partial charge in [0.15, 0.2) is 6.04 Å². The van der Waals surface area contributed by atoms with Gasteiger partial charge in [0.1, 0.15) is 17.2 Å². The lowest BCUT2D eigenvalue weighted by atomic mass is 9.88. The van der Waals surface area contributed by atoms with Crippen molar-refractivity contribution >= 4 is 11.5 Å². The lowest BCUT2D eigenvalue weighted by molar-refractivity contribution is -0.471. The maximum absolute atomic E-state index is 6.44. The summed E-state index contributed by atoms with van der Waals surface area (Å²) in [4.78, 5) is 2.34. The van der Waals surface area contributed by atoms with E-state index in [1.165, 1.54) is 5.56 Å². The van der Waals surface area contributed by atoms with Gasteiger partial charge in [-0.05, 0) is 36.4 Å². The van der Waals surface area contributed by atoms with E-state index in [0.717, 1.165) is 23.0 Å². The SMILES string of the molecule is COc1ccc(N2C(=[N+](C)C)[C@@H](Oc3ccccc3)[C@H]2c2ccccc2)cc1. The van der Waals surface area contributed by atoms with E-state index in [1.54, 1.807) is 7.11 Å². The number of anilines is 1. The van der Waals surface area contributed by atoms with Crippen LogP contribution in [0.25, 0.3) is 0 Å². The molecule has 142 valence electrons. The van der Waals surface area contributed by atoms with Crippen molar-refractivity contribution in [2.45, 2.75) is 12.1 Å². The topological polar surface area (TPSA) is 24.7 Å². The summed E-state index contributed by atoms with van der Waals surface area (Å²) in [6.07, 6.45) is -0.0677. The number of methoxy groups -OCH3 is 1. The number of amidine groups is 1. The molecule has 1 aliphatic rings. The minimum absolute atomic E-state index is 0.0677. The van der Waals surface area contributed by atoms with E-state index in [-0.39, 0.29) is 12.1 Å². The van der Waals surface area contributed by atoms with Gasteiger partial charge in [0.2, 0.25) is 6.10 Å². The first-order valence-corrected chi connectivity index (χ1v) is 9.43. The molecule has 4 heteroatoms. The molecule has 0 aromatic heterocycles. The van der Waals surface area contributed by atoms with Crippen LogP contribution in [-0.2, 0) is 0 Å². The molecule has 28 heavy (non-hydrogen) atoms. The fourth-order valence-electron chi connectivity index (χ4n) is 3.72. The molecule has 3 aromatic rings. The zero-order valence-corrected chi connectivity index (χ0v) is 16.4. The molecular formula is C24H25N2O2+. The van der Waals surface area contributed by atoms with Crippen molar-refractivity contribution in [3.8, 4) is 11.5 Å². The van der Waals surface area contributed by atoms with Crippen LogP contribution in [0.3, 0.4) is 0 Å². The fourth-order valence-corrected chi connectivity index (χ4v) is 3.72. The van der Waals surface area contributed by atoms with Crippen molar-refractivity contribution in [3.05, 3.63) is 90.5 Å². The second kappa shape index (κ2) is 7.77. The standard InChI is InChI=1S/C24H25N2O2/c1-25(2)24-23(28-21-12-8-5-9-13-21)22(18-10-6-4-7-11-18)26(24)19-14-16-20(27-3)17-15-19/h4-17,22-23H,1-3H3/q+1/t22-,23+/m1/s1. The average molecular weight is 373 g/mol. The van der Waals surface area contributed by atoms with Crippen molar-refractivity contribution < 1.29 is 14.0 Å². The fraction of sp³-hybridized carbons (Fsp3) is 0.208. The molecule has 0 bridgehead atoms. The molecule has 1 fully saturated rings. The summed E-state index contributed by atoms with van der Waals surface area (Å²) in [5, 5.41) is 0. The van der Waals surface area contributed by atoms with Gasteiger partial charge in [0.25, 0.3) is 5.84 Å². The third kappa shape index (κ3) is 3.33. The monoisotopic (exact) mass is 373 g/mol. The highest BCUT2D eigenvalue weighted by Crippen LogP contribution is 2.42. The number of hydrogen-bond acceptors (Lipinski definition) is 2. The van der Waals surface area contributed by atoms with Crippen LogP contribution in [0.5, 0.6) is 11.5 Å². The Morgan fingerprint density at radius 1 is 0.750 bits per heavy atom. The highest BCUT2D eigenvalue weighted by Gasteiger charge is 2.57. The molecule has 0 amide bonds. The number of ether oxygens (including phenoxy) is 2. The van der Waals surface area contributed by atoms with Crippen molar-refractivity contribution in [1.82, 2.24) is 0 Å². The number of rotatable bonds is 5. The van der Waals surface area contributed by atoms with Gasteiger partial charge in [0, 0.05) is 5.56 Å². The Hall–Kier alpha value is -3.27. The van der Waals surface area contributed by atoms with E-state index in [4.69, 9.17) is 9.47 Å². The Kier molecular flexibility index (Phi) is 5.02. The van der Waals surface area contributed by atoms with E-state index >= 15 is 0 Å². The van der Waals surface area contributed by atoms with Crippen LogP contribution in [0, 0.1) is 0 Å². The van der Waals surface area contributed by atoms with Crippen LogP contribution in [0.15, 0.2) is 84.9 Å². The number of hydrogen-bond donors (Lipinski definition) is 0. The maximum atomic E-state index is 6.44. The van der Waals surface area contributed by atoms with Gasteiger partial charge in [0.05, 0.1) is 21.2 Å². The van der Waals surface area contributed by atoms with Gasteiger partial charge in [-0.2, -0.15) is 0 Å². The molecule has 0 radical (unpaired) electrons. The molecule has 0 aliphatic carbocycles. The molecule has 0 spiro atoms. The lowest BCUT2D eigenvalue weighted by Crippen LogP contribution is -2.64. The van der Waals surface area contributed by atoms with Gasteiger partial charge < -0.3 is 9.47 Å². The number of benzene rings is 3. The van der Waals surface area contributed by atoms with Crippen molar-refractivity contribution in [1.29, 1.82) is 0 Å². The van der Waals surface area contributed by atoms with E-state index in [0.29, 0.717) is 0 Å². The molecule has 4 rings (SSSR count). The Morgan fingerprint density at radius 3 is 1.93 bits per heavy atom. The average Bonchev–Trinajstić information content (AvgIpc) is 2.72. The first-order valence-electron chi connectivity index (χ1n) is 9.43. The summed E-state index contributed by atoms with van der Waals surface area (Å²) in [5.74, 6) is 2.86. The predicted molar refractivity (Wildman–Crippen MR) is 113 cm³/mol. The van der Waals surface area contributed by atoms with Crippen LogP contribution in [-0.4, -0.2) is 37.7 Å². The summed E-state index contributed by atoms with van der Waals surface area (Å²) in [7, 11) is 5.81. The second-order valence-electron chi connectivity index (χ2n) is 7.03. The second-order valence-corrected chi connectivity index (χ2v) is 7.03. The lowest BCUT2D eigenvalue weighted by Gasteiger charge is -2.43. The van der Waals surface area contributed by atoms with Crippen molar-refractivity contribution in [2.75, 3.05) is 26.1 Å². The molecule has 2 atom stereocenters. The highest BCUT2D eigenvalue weighted by molar-refractivity contribution is 6.06. The van der Waals surface area contributed by atoms with E-state index < -0.39 is 0 Å². The highest BCUT2D eigenvalue weighted by atomic mass is 16.5. The van der Waals surface area contributed by atoms with Crippen LogP contribution < -0.4 is 14.4 Å². The van der Waals surface area contributed by atoms with Crippen LogP contribution >= 0.6 is 0 Å². The minimum Gasteiger partial charge on any atom is -0.497 e. The van der Waals surface area contributed by atoms with Crippen LogP contribution in [0.1, 0.15) is 11.6 Å². The minimum atomic E-state index is -0.0677. The smallest absolute Gasteiger partial charge is 0.298 e. The molecule has 3 aromatic carbocycles. The molecule has 0 unspecified atom stereocenters. The van der Waals surface area contributed by atoms with Gasteiger partial charge >= 0.3 is 0 Å². The number of nitrogens with zero attached hydrogens (tertiary/aromatic N) is 2. The summed E-state index contributed by atoms with van der Waals surface area (Å²) in [6, 6.07) is 28.8. The molecule has 0 saturated carbocycles. The summed E-state index contributed by atoms with van der Waals surface area (Å²) in [6.45, 7) is 0. The van der Waals surface area contributed by atoms with Gasteiger partial charge in [-0.15, -0.1) is 0 Å². The zero-order chi connectivity index (χ0) is 19.5.